The summed E-state index contributed by atoms with van der Waals surface area (Å²) >= 11 is 0. The minimum atomic E-state index is -0.656. The summed E-state index contributed by atoms with van der Waals surface area (Å²) in [6, 6.07) is 25.2. The second-order valence-electron chi connectivity index (χ2n) is 17.6. The van der Waals surface area contributed by atoms with Crippen LogP contribution < -0.4 is 19.7 Å². The molecular formula is C48H51FN4O6. The van der Waals surface area contributed by atoms with Crippen LogP contribution in [0.1, 0.15) is 95.0 Å². The Morgan fingerprint density at radius 2 is 1.51 bits per heavy atom. The lowest BCUT2D eigenvalue weighted by molar-refractivity contribution is -0.136. The van der Waals surface area contributed by atoms with E-state index in [1.807, 2.05) is 24.3 Å². The van der Waals surface area contributed by atoms with E-state index in [4.69, 9.17) is 9.47 Å². The van der Waals surface area contributed by atoms with Crippen molar-refractivity contribution < 1.29 is 33.4 Å². The van der Waals surface area contributed by atoms with Crippen molar-refractivity contribution in [3.63, 3.8) is 0 Å². The third kappa shape index (κ3) is 7.11. The van der Waals surface area contributed by atoms with Gasteiger partial charge in [-0.25, -0.2) is 4.39 Å². The number of piperazine rings is 1. The van der Waals surface area contributed by atoms with Gasteiger partial charge < -0.3 is 24.4 Å². The number of hydrogen-bond donors (Lipinski definition) is 2. The molecule has 3 unspecified atom stereocenters. The molecule has 0 radical (unpaired) electrons. The number of phenols is 1. The van der Waals surface area contributed by atoms with E-state index in [2.05, 4.69) is 51.5 Å². The average Bonchev–Trinajstić information content (AvgIpc) is 3.92. The summed E-state index contributed by atoms with van der Waals surface area (Å²) in [5.41, 5.74) is 7.14. The fourth-order valence-electron chi connectivity index (χ4n) is 11.5. The molecule has 6 aliphatic rings. The Labute approximate surface area is 344 Å². The maximum Gasteiger partial charge on any atom is 0.258 e. The number of hydrogen-bond acceptors (Lipinski definition) is 8. The number of fused-ring (bicyclic) bond motifs is 3. The van der Waals surface area contributed by atoms with Crippen molar-refractivity contribution in [2.75, 3.05) is 38.2 Å². The van der Waals surface area contributed by atoms with Crippen LogP contribution in [-0.4, -0.2) is 84.1 Å². The molecule has 2 N–H and O–H groups in total. The first kappa shape index (κ1) is 37.8. The van der Waals surface area contributed by atoms with Crippen LogP contribution >= 0.6 is 0 Å². The van der Waals surface area contributed by atoms with E-state index in [1.54, 1.807) is 30.2 Å². The molecule has 59 heavy (non-hydrogen) atoms. The van der Waals surface area contributed by atoms with Crippen LogP contribution in [0.3, 0.4) is 0 Å². The molecule has 0 bridgehead atoms. The summed E-state index contributed by atoms with van der Waals surface area (Å²) in [7, 11) is 1.58. The Balaban J connectivity index is 0.743. The van der Waals surface area contributed by atoms with Gasteiger partial charge >= 0.3 is 0 Å². The number of nitrogens with one attached hydrogen (secondary N) is 1. The van der Waals surface area contributed by atoms with Crippen molar-refractivity contribution >= 4 is 23.4 Å². The Morgan fingerprint density at radius 1 is 0.780 bits per heavy atom. The van der Waals surface area contributed by atoms with Crippen LogP contribution in [0, 0.1) is 17.7 Å². The molecule has 4 aromatic carbocycles. The quantitative estimate of drug-likeness (QED) is 0.185. The SMILES string of the molecule is COc1cc(N2CCN(C3CC4CC(Oc5ccc([C@@H]6c7ccc(O)cc7CC[C@@H]6c6ccc(F)cc6)cc5)CC4C3)CC2)cc2c1C(=O)N(C1CCC(=O)NC1=O)C2. The minimum Gasteiger partial charge on any atom is -0.508 e. The van der Waals surface area contributed by atoms with Crippen molar-refractivity contribution in [3.8, 4) is 17.2 Å². The second-order valence-corrected chi connectivity index (χ2v) is 17.6. The second kappa shape index (κ2) is 15.3. The monoisotopic (exact) mass is 798 g/mol. The lowest BCUT2D eigenvalue weighted by Gasteiger charge is -2.39. The van der Waals surface area contributed by atoms with Gasteiger partial charge in [-0.05, 0) is 133 Å². The fourth-order valence-corrected chi connectivity index (χ4v) is 11.5. The van der Waals surface area contributed by atoms with E-state index in [0.717, 1.165) is 74.4 Å². The maximum atomic E-state index is 13.9. The Kier molecular flexibility index (Phi) is 9.82. The molecular weight excluding hydrogens is 748 g/mol. The number of piperidine rings is 1. The van der Waals surface area contributed by atoms with E-state index < -0.39 is 11.9 Å². The highest BCUT2D eigenvalue weighted by Gasteiger charge is 2.45. The molecule has 11 heteroatoms. The number of ether oxygens (including phenoxy) is 2. The predicted octanol–water partition coefficient (Wildman–Crippen LogP) is 6.92. The number of amides is 3. The molecule has 3 aliphatic carbocycles. The topological polar surface area (TPSA) is 112 Å². The zero-order valence-corrected chi connectivity index (χ0v) is 33.4. The molecule has 0 spiro atoms. The van der Waals surface area contributed by atoms with Gasteiger partial charge in [0.1, 0.15) is 29.1 Å². The number of carbonyl (C=O) groups excluding carboxylic acids is 3. The third-order valence-electron chi connectivity index (χ3n) is 14.4. The molecule has 3 aliphatic heterocycles. The van der Waals surface area contributed by atoms with Crippen LogP contribution in [0.25, 0.3) is 0 Å². The number of aryl methyl sites for hydroxylation is 1. The Morgan fingerprint density at radius 3 is 2.22 bits per heavy atom. The van der Waals surface area contributed by atoms with Gasteiger partial charge in [-0.3, -0.25) is 24.6 Å². The summed E-state index contributed by atoms with van der Waals surface area (Å²) < 4.78 is 26.2. The van der Waals surface area contributed by atoms with Gasteiger partial charge in [-0.1, -0.05) is 30.3 Å². The Bertz CT molecular complexity index is 2260. The number of benzene rings is 4. The largest absolute Gasteiger partial charge is 0.508 e. The number of nitrogens with zero attached hydrogens (tertiary/aromatic N) is 3. The van der Waals surface area contributed by atoms with Gasteiger partial charge in [0, 0.05) is 62.9 Å². The third-order valence-corrected chi connectivity index (χ3v) is 14.4. The standard InChI is InChI=1S/C48H51FN4O6/c1-58-43-26-36(22-33-27-53(48(57)46(33)43)42-14-15-44(55)50-47(42)56)52-18-16-51(17-19-52)35-20-31-24-39(25-32(31)21-35)59-38-10-4-29(5-11-38)45-40(28-2-7-34(49)8-3-28)12-6-30-23-37(54)9-13-41(30)45/h2-5,7-11,13,22-23,26,31-32,35,39-40,42,45,54H,6,12,14-21,24-25,27H2,1H3,(H,50,55,56)/t31?,32?,35?,39?,40-,42?,45+/m1/s1. The summed E-state index contributed by atoms with van der Waals surface area (Å²) in [5, 5.41) is 12.6. The van der Waals surface area contributed by atoms with Gasteiger partial charge in [0.2, 0.25) is 11.8 Å². The molecule has 2 saturated carbocycles. The predicted molar refractivity (Wildman–Crippen MR) is 220 cm³/mol. The fraction of sp³-hybridized carbons (Fsp3) is 0.438. The molecule has 4 aromatic rings. The summed E-state index contributed by atoms with van der Waals surface area (Å²) in [4.78, 5) is 44.4. The molecule has 5 atom stereocenters. The highest BCUT2D eigenvalue weighted by molar-refractivity contribution is 6.06. The van der Waals surface area contributed by atoms with Crippen LogP contribution in [0.15, 0.2) is 78.9 Å². The zero-order chi connectivity index (χ0) is 40.4. The van der Waals surface area contributed by atoms with Crippen molar-refractivity contribution in [2.24, 2.45) is 11.8 Å². The number of rotatable bonds is 8. The molecule has 4 fully saturated rings. The van der Waals surface area contributed by atoms with E-state index in [1.165, 1.54) is 29.5 Å². The maximum absolute atomic E-state index is 13.9. The van der Waals surface area contributed by atoms with Gasteiger partial charge in [-0.15, -0.1) is 0 Å². The van der Waals surface area contributed by atoms with E-state index in [0.29, 0.717) is 42.2 Å². The highest BCUT2D eigenvalue weighted by Crippen LogP contribution is 2.49. The van der Waals surface area contributed by atoms with Gasteiger partial charge in [0.15, 0.2) is 0 Å². The highest BCUT2D eigenvalue weighted by atomic mass is 19.1. The van der Waals surface area contributed by atoms with Crippen LogP contribution in [0.4, 0.5) is 10.1 Å². The first-order valence-electron chi connectivity index (χ1n) is 21.4. The van der Waals surface area contributed by atoms with Crippen LogP contribution in [0.2, 0.25) is 0 Å². The first-order valence-corrected chi connectivity index (χ1v) is 21.4. The molecule has 10 nitrogen and oxygen atoms in total. The number of halogens is 1. The lowest BCUT2D eigenvalue weighted by Crippen LogP contribution is -2.52. The van der Waals surface area contributed by atoms with Crippen LogP contribution in [0.5, 0.6) is 17.2 Å². The number of phenolic OH excluding ortho intramolecular Hbond substituents is 1. The van der Waals surface area contributed by atoms with E-state index >= 15 is 0 Å². The smallest absolute Gasteiger partial charge is 0.258 e. The van der Waals surface area contributed by atoms with E-state index in [9.17, 15) is 23.9 Å². The average molecular weight is 799 g/mol. The van der Waals surface area contributed by atoms with Gasteiger partial charge in [0.25, 0.3) is 5.91 Å². The number of anilines is 1. The number of imide groups is 1. The molecule has 3 amide bonds. The van der Waals surface area contributed by atoms with E-state index in [-0.39, 0.29) is 47.7 Å². The minimum absolute atomic E-state index is 0.100. The normalized spacial score (nSPS) is 28.0. The van der Waals surface area contributed by atoms with Crippen molar-refractivity contribution in [1.82, 2.24) is 15.1 Å². The van der Waals surface area contributed by atoms with Gasteiger partial charge in [-0.2, -0.15) is 0 Å². The Hall–Kier alpha value is -5.42. The summed E-state index contributed by atoms with van der Waals surface area (Å²) in [6.45, 7) is 4.06. The molecule has 3 heterocycles. The lowest BCUT2D eigenvalue weighted by atomic mass is 9.69. The molecule has 10 rings (SSSR count). The summed E-state index contributed by atoms with van der Waals surface area (Å²) in [6.07, 6.45) is 7.14. The molecule has 306 valence electrons. The summed E-state index contributed by atoms with van der Waals surface area (Å²) in [5.74, 6) is 2.22. The van der Waals surface area contributed by atoms with Crippen molar-refractivity contribution in [1.29, 1.82) is 0 Å². The van der Waals surface area contributed by atoms with Crippen molar-refractivity contribution in [2.45, 2.75) is 87.9 Å². The van der Waals surface area contributed by atoms with Crippen molar-refractivity contribution in [3.05, 3.63) is 118 Å². The molecule has 2 saturated heterocycles. The number of carbonyl (C=O) groups is 3. The zero-order valence-electron chi connectivity index (χ0n) is 33.4. The van der Waals surface area contributed by atoms with Gasteiger partial charge in [0.05, 0.1) is 18.8 Å². The van der Waals surface area contributed by atoms with Crippen LogP contribution in [-0.2, 0) is 22.6 Å². The number of methoxy groups -OCH3 is 1. The first-order chi connectivity index (χ1) is 28.7. The molecule has 0 aromatic heterocycles. The number of aromatic hydroxyl groups is 1.